The molecule has 0 radical (unpaired) electrons. The molecule has 1 saturated heterocycles. The molecule has 1 aromatic rings. The number of carboxylic acids is 1. The van der Waals surface area contributed by atoms with E-state index in [0.717, 1.165) is 0 Å². The Labute approximate surface area is 146 Å². The molecule has 2 aliphatic rings. The molecule has 0 spiro atoms. The summed E-state index contributed by atoms with van der Waals surface area (Å²) in [7, 11) is 0. The van der Waals surface area contributed by atoms with Crippen LogP contribution in [0.4, 0.5) is 5.69 Å². The molecule has 0 aliphatic carbocycles. The number of piperidine rings is 1. The molecule has 2 amide bonds. The SMILES string of the molecule is CC1CC(C(=O)O)CN(C(=O)CCN2C(=O)COc3ccccc32)C1. The van der Waals surface area contributed by atoms with E-state index in [1.807, 2.05) is 19.1 Å². The van der Waals surface area contributed by atoms with Crippen molar-refractivity contribution in [3.63, 3.8) is 0 Å². The first-order valence-corrected chi connectivity index (χ1v) is 8.48. The number of carbonyl (C=O) groups is 3. The second-order valence-corrected chi connectivity index (χ2v) is 6.73. The minimum absolute atomic E-state index is 0.0347. The third-order valence-corrected chi connectivity index (χ3v) is 4.72. The molecule has 0 saturated carbocycles. The van der Waals surface area contributed by atoms with Gasteiger partial charge in [0, 0.05) is 26.1 Å². The molecule has 1 N–H and O–H groups in total. The lowest BCUT2D eigenvalue weighted by atomic mass is 9.90. The van der Waals surface area contributed by atoms with Gasteiger partial charge < -0.3 is 19.6 Å². The van der Waals surface area contributed by atoms with Crippen molar-refractivity contribution in [1.82, 2.24) is 4.90 Å². The quantitative estimate of drug-likeness (QED) is 0.890. The van der Waals surface area contributed by atoms with Crippen LogP contribution in [0, 0.1) is 11.8 Å². The summed E-state index contributed by atoms with van der Waals surface area (Å²) < 4.78 is 5.39. The summed E-state index contributed by atoms with van der Waals surface area (Å²) in [6.45, 7) is 2.99. The van der Waals surface area contributed by atoms with Crippen molar-refractivity contribution in [3.05, 3.63) is 24.3 Å². The number of aliphatic carboxylic acids is 1. The first-order valence-electron chi connectivity index (χ1n) is 8.48. The fourth-order valence-electron chi connectivity index (χ4n) is 3.50. The Morgan fingerprint density at radius 2 is 2.04 bits per heavy atom. The zero-order chi connectivity index (χ0) is 18.0. The van der Waals surface area contributed by atoms with Crippen molar-refractivity contribution in [2.75, 3.05) is 31.1 Å². The van der Waals surface area contributed by atoms with E-state index >= 15 is 0 Å². The summed E-state index contributed by atoms with van der Waals surface area (Å²) in [5.41, 5.74) is 0.668. The van der Waals surface area contributed by atoms with Crippen molar-refractivity contribution in [2.24, 2.45) is 11.8 Å². The maximum Gasteiger partial charge on any atom is 0.308 e. The summed E-state index contributed by atoms with van der Waals surface area (Å²) in [6, 6.07) is 7.24. The lowest BCUT2D eigenvalue weighted by Crippen LogP contribution is -2.47. The normalized spacial score (nSPS) is 23.0. The molecule has 1 fully saturated rings. The molecule has 1 aromatic carbocycles. The number of nitrogens with zero attached hydrogens (tertiary/aromatic N) is 2. The van der Waals surface area contributed by atoms with E-state index in [1.54, 1.807) is 21.9 Å². The first-order chi connectivity index (χ1) is 12.0. The number of hydrogen-bond donors (Lipinski definition) is 1. The highest BCUT2D eigenvalue weighted by atomic mass is 16.5. The second-order valence-electron chi connectivity index (χ2n) is 6.73. The Kier molecular flexibility index (Phi) is 4.92. The molecule has 3 rings (SSSR count). The highest BCUT2D eigenvalue weighted by Crippen LogP contribution is 2.31. The number of amides is 2. The fraction of sp³-hybridized carbons (Fsp3) is 0.500. The van der Waals surface area contributed by atoms with E-state index in [2.05, 4.69) is 0 Å². The Morgan fingerprint density at radius 1 is 1.28 bits per heavy atom. The van der Waals surface area contributed by atoms with Gasteiger partial charge in [0.15, 0.2) is 6.61 Å². The monoisotopic (exact) mass is 346 g/mol. The second kappa shape index (κ2) is 7.13. The first kappa shape index (κ1) is 17.3. The third kappa shape index (κ3) is 3.75. The number of carbonyl (C=O) groups excluding carboxylic acids is 2. The molecule has 2 aliphatic heterocycles. The van der Waals surface area contributed by atoms with Gasteiger partial charge in [-0.15, -0.1) is 0 Å². The van der Waals surface area contributed by atoms with E-state index in [9.17, 15) is 19.5 Å². The van der Waals surface area contributed by atoms with Gasteiger partial charge in [-0.2, -0.15) is 0 Å². The van der Waals surface area contributed by atoms with E-state index in [1.165, 1.54) is 0 Å². The summed E-state index contributed by atoms with van der Waals surface area (Å²) in [4.78, 5) is 39.1. The highest BCUT2D eigenvalue weighted by molar-refractivity contribution is 5.98. The molecule has 7 nitrogen and oxygen atoms in total. The zero-order valence-corrected chi connectivity index (χ0v) is 14.2. The van der Waals surface area contributed by atoms with Crippen LogP contribution in [0.1, 0.15) is 19.8 Å². The number of hydrogen-bond acceptors (Lipinski definition) is 4. The molecular weight excluding hydrogens is 324 g/mol. The molecule has 25 heavy (non-hydrogen) atoms. The minimum atomic E-state index is -0.860. The summed E-state index contributed by atoms with van der Waals surface area (Å²) in [6.07, 6.45) is 0.758. The number of likely N-dealkylation sites (tertiary alicyclic amines) is 1. The number of rotatable bonds is 4. The van der Waals surface area contributed by atoms with Gasteiger partial charge in [-0.25, -0.2) is 0 Å². The maximum atomic E-state index is 12.5. The lowest BCUT2D eigenvalue weighted by Gasteiger charge is -2.35. The number of carboxylic acid groups (broad SMARTS) is 1. The van der Waals surface area contributed by atoms with Gasteiger partial charge in [0.05, 0.1) is 11.6 Å². The molecule has 0 bridgehead atoms. The van der Waals surface area contributed by atoms with Gasteiger partial charge in [0.1, 0.15) is 5.75 Å². The van der Waals surface area contributed by atoms with Crippen LogP contribution < -0.4 is 9.64 Å². The van der Waals surface area contributed by atoms with Crippen LogP contribution in [0.25, 0.3) is 0 Å². The summed E-state index contributed by atoms with van der Waals surface area (Å²) in [5, 5.41) is 9.23. The standard InChI is InChI=1S/C18H22N2O5/c1-12-8-13(18(23)24)10-19(9-12)16(21)6-7-20-14-4-2-3-5-15(14)25-11-17(20)22/h2-5,12-13H,6-11H2,1H3,(H,23,24). The average Bonchev–Trinajstić information content (AvgIpc) is 2.60. The predicted octanol–water partition coefficient (Wildman–Crippen LogP) is 1.37. The van der Waals surface area contributed by atoms with Gasteiger partial charge in [-0.05, 0) is 24.5 Å². The van der Waals surface area contributed by atoms with Crippen LogP contribution >= 0.6 is 0 Å². The largest absolute Gasteiger partial charge is 0.482 e. The van der Waals surface area contributed by atoms with E-state index in [-0.39, 0.29) is 43.8 Å². The molecule has 2 atom stereocenters. The Balaban J connectivity index is 1.64. The summed E-state index contributed by atoms with van der Waals surface area (Å²) >= 11 is 0. The molecular formula is C18H22N2O5. The van der Waals surface area contributed by atoms with Crippen molar-refractivity contribution in [1.29, 1.82) is 0 Å². The number of para-hydroxylation sites is 2. The smallest absolute Gasteiger partial charge is 0.308 e. The number of benzene rings is 1. The molecule has 2 unspecified atom stereocenters. The zero-order valence-electron chi connectivity index (χ0n) is 14.2. The topological polar surface area (TPSA) is 87.2 Å². The Morgan fingerprint density at radius 3 is 2.80 bits per heavy atom. The van der Waals surface area contributed by atoms with Crippen molar-refractivity contribution in [2.45, 2.75) is 19.8 Å². The van der Waals surface area contributed by atoms with Crippen LogP contribution in [0.5, 0.6) is 5.75 Å². The number of anilines is 1. The highest BCUT2D eigenvalue weighted by Gasteiger charge is 2.32. The molecule has 2 heterocycles. The summed E-state index contributed by atoms with van der Waals surface area (Å²) in [5.74, 6) is -0.881. The van der Waals surface area contributed by atoms with Crippen LogP contribution in [-0.2, 0) is 14.4 Å². The van der Waals surface area contributed by atoms with Gasteiger partial charge in [-0.1, -0.05) is 19.1 Å². The van der Waals surface area contributed by atoms with E-state index in [4.69, 9.17) is 4.74 Å². The maximum absolute atomic E-state index is 12.5. The third-order valence-electron chi connectivity index (χ3n) is 4.72. The molecule has 7 heteroatoms. The van der Waals surface area contributed by atoms with E-state index < -0.39 is 11.9 Å². The van der Waals surface area contributed by atoms with Crippen LogP contribution in [0.15, 0.2) is 24.3 Å². The van der Waals surface area contributed by atoms with Crippen LogP contribution in [0.2, 0.25) is 0 Å². The number of fused-ring (bicyclic) bond motifs is 1. The van der Waals surface area contributed by atoms with Crippen molar-refractivity contribution < 1.29 is 24.2 Å². The van der Waals surface area contributed by atoms with Gasteiger partial charge in [-0.3, -0.25) is 14.4 Å². The van der Waals surface area contributed by atoms with E-state index in [0.29, 0.717) is 24.4 Å². The van der Waals surface area contributed by atoms with Crippen LogP contribution in [0.3, 0.4) is 0 Å². The Bertz CT molecular complexity index is 690. The molecule has 134 valence electrons. The predicted molar refractivity (Wildman–Crippen MR) is 90.4 cm³/mol. The Hall–Kier alpha value is -2.57. The van der Waals surface area contributed by atoms with Gasteiger partial charge in [0.2, 0.25) is 5.91 Å². The number of ether oxygens (including phenoxy) is 1. The van der Waals surface area contributed by atoms with Crippen molar-refractivity contribution >= 4 is 23.5 Å². The molecule has 0 aromatic heterocycles. The van der Waals surface area contributed by atoms with Crippen LogP contribution in [-0.4, -0.2) is 54.0 Å². The van der Waals surface area contributed by atoms with Crippen molar-refractivity contribution in [3.8, 4) is 5.75 Å². The average molecular weight is 346 g/mol. The lowest BCUT2D eigenvalue weighted by molar-refractivity contribution is -0.146. The van der Waals surface area contributed by atoms with Gasteiger partial charge in [0.25, 0.3) is 5.91 Å². The fourth-order valence-corrected chi connectivity index (χ4v) is 3.50. The minimum Gasteiger partial charge on any atom is -0.482 e. The van der Waals surface area contributed by atoms with Gasteiger partial charge >= 0.3 is 5.97 Å².